The molecule has 1 rings (SSSR count). The number of benzene rings is 1. The van der Waals surface area contributed by atoms with E-state index in [-0.39, 0.29) is 23.8 Å². The van der Waals surface area contributed by atoms with Gasteiger partial charge in [0.05, 0.1) is 5.69 Å². The zero-order valence-corrected chi connectivity index (χ0v) is 12.4. The number of anilines is 1. The molecule has 2 N–H and O–H groups in total. The molecule has 7 heteroatoms. The summed E-state index contributed by atoms with van der Waals surface area (Å²) in [6.07, 6.45) is 0. The molecule has 0 bridgehead atoms. The van der Waals surface area contributed by atoms with Gasteiger partial charge in [0.15, 0.2) is 5.82 Å². The Hall–Kier alpha value is -1.11. The van der Waals surface area contributed by atoms with E-state index in [0.29, 0.717) is 5.57 Å². The van der Waals surface area contributed by atoms with Crippen LogP contribution in [0, 0.1) is 5.82 Å². The molecule has 4 nitrogen and oxygen atoms in total. The zero-order chi connectivity index (χ0) is 14.8. The second-order valence-electron chi connectivity index (χ2n) is 4.20. The van der Waals surface area contributed by atoms with Crippen molar-refractivity contribution in [3.05, 3.63) is 35.1 Å². The second-order valence-corrected chi connectivity index (χ2v) is 6.54. The maximum absolute atomic E-state index is 13.9. The Morgan fingerprint density at radius 1 is 1.53 bits per heavy atom. The molecule has 106 valence electrons. The van der Waals surface area contributed by atoms with Gasteiger partial charge in [-0.15, -0.1) is 0 Å². The SMILES string of the molecule is C=C(C)CN(CC)S(=O)(=O)c1cc(Cl)cc(N)c1F. The van der Waals surface area contributed by atoms with Gasteiger partial charge in [0.1, 0.15) is 4.90 Å². The van der Waals surface area contributed by atoms with Gasteiger partial charge in [-0.2, -0.15) is 4.31 Å². The van der Waals surface area contributed by atoms with Crippen LogP contribution in [0.1, 0.15) is 13.8 Å². The van der Waals surface area contributed by atoms with E-state index in [4.69, 9.17) is 17.3 Å². The fourth-order valence-electron chi connectivity index (χ4n) is 1.58. The molecule has 0 aromatic heterocycles. The third kappa shape index (κ3) is 3.46. The molecule has 19 heavy (non-hydrogen) atoms. The summed E-state index contributed by atoms with van der Waals surface area (Å²) in [7, 11) is -3.99. The number of halogens is 2. The summed E-state index contributed by atoms with van der Waals surface area (Å²) in [5.41, 5.74) is 5.76. The molecular weight excluding hydrogens is 291 g/mol. The van der Waals surface area contributed by atoms with Gasteiger partial charge in [0.25, 0.3) is 0 Å². The van der Waals surface area contributed by atoms with Crippen LogP contribution in [0.25, 0.3) is 0 Å². The molecule has 0 aliphatic carbocycles. The highest BCUT2D eigenvalue weighted by molar-refractivity contribution is 7.89. The lowest BCUT2D eigenvalue weighted by Gasteiger charge is -2.21. The molecule has 0 aliphatic heterocycles. The molecular formula is C12H16ClFN2O2S. The van der Waals surface area contributed by atoms with Crippen molar-refractivity contribution < 1.29 is 12.8 Å². The lowest BCUT2D eigenvalue weighted by Crippen LogP contribution is -2.33. The van der Waals surface area contributed by atoms with Crippen LogP contribution in [0.5, 0.6) is 0 Å². The molecule has 0 saturated carbocycles. The molecule has 0 radical (unpaired) electrons. The van der Waals surface area contributed by atoms with Crippen molar-refractivity contribution in [3.63, 3.8) is 0 Å². The van der Waals surface area contributed by atoms with E-state index in [2.05, 4.69) is 6.58 Å². The molecule has 0 unspecified atom stereocenters. The van der Waals surface area contributed by atoms with Crippen molar-refractivity contribution in [2.75, 3.05) is 18.8 Å². The van der Waals surface area contributed by atoms with E-state index in [0.717, 1.165) is 10.4 Å². The van der Waals surface area contributed by atoms with E-state index < -0.39 is 20.7 Å². The number of sulfonamides is 1. The van der Waals surface area contributed by atoms with Crippen LogP contribution in [-0.2, 0) is 10.0 Å². The fraction of sp³-hybridized carbons (Fsp3) is 0.333. The Kier molecular flexibility index (Phi) is 4.95. The maximum Gasteiger partial charge on any atom is 0.246 e. The first kappa shape index (κ1) is 15.9. The smallest absolute Gasteiger partial charge is 0.246 e. The number of rotatable bonds is 5. The van der Waals surface area contributed by atoms with Gasteiger partial charge in [-0.1, -0.05) is 30.7 Å². The number of nitrogens with zero attached hydrogens (tertiary/aromatic N) is 1. The van der Waals surface area contributed by atoms with Crippen molar-refractivity contribution >= 4 is 27.3 Å². The van der Waals surface area contributed by atoms with Gasteiger partial charge in [-0.25, -0.2) is 12.8 Å². The second kappa shape index (κ2) is 5.90. The molecule has 0 heterocycles. The summed E-state index contributed by atoms with van der Waals surface area (Å²) < 4.78 is 39.7. The van der Waals surface area contributed by atoms with Crippen LogP contribution in [0.15, 0.2) is 29.2 Å². The number of nitrogen functional groups attached to an aromatic ring is 1. The third-order valence-corrected chi connectivity index (χ3v) is 4.59. The molecule has 0 atom stereocenters. The van der Waals surface area contributed by atoms with E-state index >= 15 is 0 Å². The molecule has 0 fully saturated rings. The zero-order valence-electron chi connectivity index (χ0n) is 10.8. The number of hydrogen-bond donors (Lipinski definition) is 1. The third-order valence-electron chi connectivity index (χ3n) is 2.45. The minimum atomic E-state index is -3.99. The van der Waals surface area contributed by atoms with Gasteiger partial charge in [0, 0.05) is 18.1 Å². The standard InChI is InChI=1S/C12H16ClFN2O2S/c1-4-16(7-8(2)3)19(17,18)11-6-9(13)5-10(15)12(11)14/h5-6H,2,4,7,15H2,1,3H3. The first-order valence-corrected chi connectivity index (χ1v) is 7.41. The van der Waals surface area contributed by atoms with Gasteiger partial charge in [-0.3, -0.25) is 0 Å². The lowest BCUT2D eigenvalue weighted by molar-refractivity contribution is 0.447. The highest BCUT2D eigenvalue weighted by Gasteiger charge is 2.27. The highest BCUT2D eigenvalue weighted by Crippen LogP contribution is 2.27. The van der Waals surface area contributed by atoms with Crippen molar-refractivity contribution in [1.29, 1.82) is 0 Å². The fourth-order valence-corrected chi connectivity index (χ4v) is 3.50. The van der Waals surface area contributed by atoms with Gasteiger partial charge in [0.2, 0.25) is 10.0 Å². The Morgan fingerprint density at radius 2 is 2.11 bits per heavy atom. The van der Waals surface area contributed by atoms with Crippen molar-refractivity contribution in [3.8, 4) is 0 Å². The summed E-state index contributed by atoms with van der Waals surface area (Å²) in [4.78, 5) is -0.513. The minimum Gasteiger partial charge on any atom is -0.396 e. The summed E-state index contributed by atoms with van der Waals surface area (Å²) in [6, 6.07) is 2.23. The minimum absolute atomic E-state index is 0.0730. The van der Waals surface area contributed by atoms with Crippen molar-refractivity contribution in [1.82, 2.24) is 4.31 Å². The molecule has 0 saturated heterocycles. The monoisotopic (exact) mass is 306 g/mol. The Labute approximate surface area is 117 Å². The molecule has 1 aromatic rings. The highest BCUT2D eigenvalue weighted by atomic mass is 35.5. The Morgan fingerprint density at radius 3 is 2.58 bits per heavy atom. The summed E-state index contributed by atoms with van der Waals surface area (Å²) in [5, 5.41) is 0.0730. The van der Waals surface area contributed by atoms with E-state index in [1.165, 1.54) is 6.07 Å². The maximum atomic E-state index is 13.9. The Bertz CT molecular complexity index is 602. The van der Waals surface area contributed by atoms with Gasteiger partial charge >= 0.3 is 0 Å². The van der Waals surface area contributed by atoms with Crippen LogP contribution in [0.4, 0.5) is 10.1 Å². The lowest BCUT2D eigenvalue weighted by atomic mass is 10.3. The van der Waals surface area contributed by atoms with E-state index in [1.807, 2.05) is 0 Å². The predicted molar refractivity (Wildman–Crippen MR) is 75.1 cm³/mol. The van der Waals surface area contributed by atoms with Crippen molar-refractivity contribution in [2.24, 2.45) is 0 Å². The summed E-state index contributed by atoms with van der Waals surface area (Å²) in [6.45, 7) is 7.32. The quantitative estimate of drug-likeness (QED) is 0.672. The number of likely N-dealkylation sites (N-methyl/N-ethyl adjacent to an activating group) is 1. The molecule has 0 aliphatic rings. The first-order valence-electron chi connectivity index (χ1n) is 5.59. The average Bonchev–Trinajstić information content (AvgIpc) is 2.30. The van der Waals surface area contributed by atoms with Crippen LogP contribution < -0.4 is 5.73 Å². The number of hydrogen-bond acceptors (Lipinski definition) is 3. The van der Waals surface area contributed by atoms with E-state index in [1.54, 1.807) is 13.8 Å². The Balaban J connectivity index is 3.37. The molecule has 0 amide bonds. The first-order chi connectivity index (χ1) is 8.70. The molecule has 1 aromatic carbocycles. The van der Waals surface area contributed by atoms with Crippen molar-refractivity contribution in [2.45, 2.75) is 18.7 Å². The van der Waals surface area contributed by atoms with Gasteiger partial charge in [-0.05, 0) is 19.1 Å². The van der Waals surface area contributed by atoms with E-state index in [9.17, 15) is 12.8 Å². The summed E-state index contributed by atoms with van der Waals surface area (Å²) in [5.74, 6) is -0.982. The normalized spacial score (nSPS) is 11.8. The topological polar surface area (TPSA) is 63.4 Å². The van der Waals surface area contributed by atoms with Gasteiger partial charge < -0.3 is 5.73 Å². The predicted octanol–water partition coefficient (Wildman–Crippen LogP) is 2.65. The molecule has 0 spiro atoms. The average molecular weight is 307 g/mol. The van der Waals surface area contributed by atoms with Crippen LogP contribution in [0.3, 0.4) is 0 Å². The van der Waals surface area contributed by atoms with Crippen LogP contribution >= 0.6 is 11.6 Å². The van der Waals surface area contributed by atoms with Crippen LogP contribution in [0.2, 0.25) is 5.02 Å². The number of nitrogens with two attached hydrogens (primary N) is 1. The van der Waals surface area contributed by atoms with Crippen LogP contribution in [-0.4, -0.2) is 25.8 Å². The summed E-state index contributed by atoms with van der Waals surface area (Å²) >= 11 is 5.73. The largest absolute Gasteiger partial charge is 0.396 e.